The summed E-state index contributed by atoms with van der Waals surface area (Å²) >= 11 is 0. The molecule has 1 saturated heterocycles. The molecule has 0 spiro atoms. The molecule has 21 heavy (non-hydrogen) atoms. The summed E-state index contributed by atoms with van der Waals surface area (Å²) in [5.74, 6) is 2.55. The number of benzene rings is 1. The van der Waals surface area contributed by atoms with Gasteiger partial charge in [-0.15, -0.1) is 0 Å². The summed E-state index contributed by atoms with van der Waals surface area (Å²) < 4.78 is 16.5. The molecule has 2 aliphatic heterocycles. The monoisotopic (exact) mass is 287 g/mol. The van der Waals surface area contributed by atoms with Gasteiger partial charge in [-0.25, -0.2) is 0 Å². The molecule has 0 radical (unpaired) electrons. The summed E-state index contributed by atoms with van der Waals surface area (Å²) in [7, 11) is 0. The van der Waals surface area contributed by atoms with E-state index < -0.39 is 0 Å². The van der Waals surface area contributed by atoms with Gasteiger partial charge in [0.1, 0.15) is 6.61 Å². The number of ether oxygens (including phenoxy) is 2. The van der Waals surface area contributed by atoms with Crippen molar-refractivity contribution in [3.63, 3.8) is 0 Å². The zero-order valence-electron chi connectivity index (χ0n) is 11.7. The number of hydrogen-bond acceptors (Lipinski definition) is 6. The highest BCUT2D eigenvalue weighted by molar-refractivity contribution is 5.74. The van der Waals surface area contributed by atoms with E-state index in [1.165, 1.54) is 0 Å². The summed E-state index contributed by atoms with van der Waals surface area (Å²) in [6.07, 6.45) is 1.87. The Morgan fingerprint density at radius 1 is 1.29 bits per heavy atom. The molecular weight excluding hydrogens is 270 g/mol. The molecule has 3 heterocycles. The Morgan fingerprint density at radius 2 is 2.29 bits per heavy atom. The van der Waals surface area contributed by atoms with Crippen molar-refractivity contribution >= 4 is 5.69 Å². The van der Waals surface area contributed by atoms with Crippen molar-refractivity contribution in [2.75, 3.05) is 31.7 Å². The molecule has 1 fully saturated rings. The van der Waals surface area contributed by atoms with Crippen molar-refractivity contribution in [3.05, 3.63) is 24.0 Å². The molecule has 1 aromatic carbocycles. The average Bonchev–Trinajstić information content (AvgIpc) is 3.19. The highest BCUT2D eigenvalue weighted by atomic mass is 16.5. The molecule has 0 bridgehead atoms. The van der Waals surface area contributed by atoms with Gasteiger partial charge in [0.25, 0.3) is 5.89 Å². The van der Waals surface area contributed by atoms with E-state index in [0.29, 0.717) is 18.4 Å². The minimum absolute atomic E-state index is 0.498. The second kappa shape index (κ2) is 5.37. The summed E-state index contributed by atoms with van der Waals surface area (Å²) in [5.41, 5.74) is 1.82. The lowest BCUT2D eigenvalue weighted by molar-refractivity contribution is 0.185. The number of fused-ring (bicyclic) bond motifs is 1. The molecule has 1 N–H and O–H groups in total. The predicted molar refractivity (Wildman–Crippen MR) is 76.3 cm³/mol. The van der Waals surface area contributed by atoms with E-state index in [9.17, 15) is 0 Å². The van der Waals surface area contributed by atoms with Crippen LogP contribution in [0.5, 0.6) is 5.75 Å². The zero-order valence-corrected chi connectivity index (χ0v) is 11.7. The first kappa shape index (κ1) is 12.6. The lowest BCUT2D eigenvalue weighted by Crippen LogP contribution is -2.18. The van der Waals surface area contributed by atoms with Crippen molar-refractivity contribution in [1.29, 1.82) is 0 Å². The third-order valence-electron chi connectivity index (χ3n) is 3.87. The molecule has 6 nitrogen and oxygen atoms in total. The topological polar surface area (TPSA) is 69.4 Å². The molecule has 4 rings (SSSR count). The first-order valence-electron chi connectivity index (χ1n) is 7.30. The first-order valence-corrected chi connectivity index (χ1v) is 7.30. The van der Waals surface area contributed by atoms with E-state index in [0.717, 1.165) is 55.4 Å². The van der Waals surface area contributed by atoms with Crippen LogP contribution in [0.15, 0.2) is 22.7 Å². The molecule has 110 valence electrons. The lowest BCUT2D eigenvalue weighted by atomic mass is 10.1. The molecule has 1 unspecified atom stereocenters. The van der Waals surface area contributed by atoms with Gasteiger partial charge in [-0.3, -0.25) is 0 Å². The zero-order chi connectivity index (χ0) is 14.1. The Kier molecular flexibility index (Phi) is 3.23. The van der Waals surface area contributed by atoms with Gasteiger partial charge in [-0.1, -0.05) is 11.2 Å². The second-order valence-electron chi connectivity index (χ2n) is 5.41. The van der Waals surface area contributed by atoms with Crippen LogP contribution in [0.3, 0.4) is 0 Å². The number of rotatable bonds is 3. The fourth-order valence-electron chi connectivity index (χ4n) is 2.79. The van der Waals surface area contributed by atoms with E-state index in [2.05, 4.69) is 15.5 Å². The van der Waals surface area contributed by atoms with Gasteiger partial charge in [0.05, 0.1) is 11.3 Å². The summed E-state index contributed by atoms with van der Waals surface area (Å²) in [5, 5.41) is 7.39. The van der Waals surface area contributed by atoms with Crippen molar-refractivity contribution < 1.29 is 14.0 Å². The highest BCUT2D eigenvalue weighted by Crippen LogP contribution is 2.37. The number of hydrogen-bond donors (Lipinski definition) is 1. The van der Waals surface area contributed by atoms with Gasteiger partial charge < -0.3 is 19.3 Å². The minimum atomic E-state index is 0.498. The summed E-state index contributed by atoms with van der Waals surface area (Å²) in [6.45, 7) is 3.08. The Labute approximate surface area is 122 Å². The van der Waals surface area contributed by atoms with Gasteiger partial charge >= 0.3 is 0 Å². The molecule has 1 aromatic heterocycles. The normalized spacial score (nSPS) is 20.7. The number of nitrogens with one attached hydrogen (secondary N) is 1. The number of nitrogens with zero attached hydrogens (tertiary/aromatic N) is 2. The van der Waals surface area contributed by atoms with Crippen molar-refractivity contribution in [1.82, 2.24) is 10.1 Å². The molecule has 2 aliphatic rings. The van der Waals surface area contributed by atoms with Gasteiger partial charge in [-0.2, -0.15) is 4.98 Å². The lowest BCUT2D eigenvalue weighted by Gasteiger charge is -2.20. The van der Waals surface area contributed by atoms with Crippen LogP contribution in [0.25, 0.3) is 11.5 Å². The molecule has 2 aromatic rings. The molecule has 0 aliphatic carbocycles. The maximum absolute atomic E-state index is 5.74. The third-order valence-corrected chi connectivity index (χ3v) is 3.87. The fraction of sp³-hybridized carbons (Fsp3) is 0.467. The van der Waals surface area contributed by atoms with Crippen molar-refractivity contribution in [3.8, 4) is 17.2 Å². The number of aromatic nitrogens is 2. The van der Waals surface area contributed by atoms with Crippen LogP contribution < -0.4 is 10.1 Å². The van der Waals surface area contributed by atoms with E-state index in [1.807, 2.05) is 18.2 Å². The van der Waals surface area contributed by atoms with Gasteiger partial charge in [0.2, 0.25) is 0 Å². The van der Waals surface area contributed by atoms with Crippen LogP contribution in [0.4, 0.5) is 5.69 Å². The standard InChI is InChI=1S/C15H17N3O3/c1-2-11(14-12(3-1)16-5-7-20-14)15-17-13(18-21-15)8-10-4-6-19-9-10/h1-3,10,16H,4-9H2. The Balaban J connectivity index is 1.60. The number of anilines is 1. The molecular formula is C15H17N3O3. The van der Waals surface area contributed by atoms with Crippen LogP contribution in [-0.4, -0.2) is 36.5 Å². The molecule has 0 saturated carbocycles. The number of para-hydroxylation sites is 1. The Bertz CT molecular complexity index is 635. The Hall–Kier alpha value is -2.08. The van der Waals surface area contributed by atoms with Crippen molar-refractivity contribution in [2.24, 2.45) is 5.92 Å². The van der Waals surface area contributed by atoms with Crippen LogP contribution in [-0.2, 0) is 11.2 Å². The van der Waals surface area contributed by atoms with E-state index in [1.54, 1.807) is 0 Å². The maximum atomic E-state index is 5.74. The molecule has 1 atom stereocenters. The van der Waals surface area contributed by atoms with Crippen LogP contribution in [0.1, 0.15) is 12.2 Å². The van der Waals surface area contributed by atoms with Crippen molar-refractivity contribution in [2.45, 2.75) is 12.8 Å². The van der Waals surface area contributed by atoms with E-state index in [-0.39, 0.29) is 0 Å². The second-order valence-corrected chi connectivity index (χ2v) is 5.41. The van der Waals surface area contributed by atoms with E-state index in [4.69, 9.17) is 14.0 Å². The first-order chi connectivity index (χ1) is 10.4. The summed E-state index contributed by atoms with van der Waals surface area (Å²) in [4.78, 5) is 4.51. The Morgan fingerprint density at radius 3 is 3.19 bits per heavy atom. The van der Waals surface area contributed by atoms with Gasteiger partial charge in [0, 0.05) is 26.2 Å². The minimum Gasteiger partial charge on any atom is -0.489 e. The predicted octanol–water partition coefficient (Wildman–Crippen LogP) is 2.12. The van der Waals surface area contributed by atoms with Crippen LogP contribution in [0.2, 0.25) is 0 Å². The molecule has 6 heteroatoms. The maximum Gasteiger partial charge on any atom is 0.261 e. The van der Waals surface area contributed by atoms with Gasteiger partial charge in [-0.05, 0) is 24.5 Å². The van der Waals surface area contributed by atoms with E-state index >= 15 is 0 Å². The van der Waals surface area contributed by atoms with Crippen LogP contribution in [0, 0.1) is 5.92 Å². The largest absolute Gasteiger partial charge is 0.489 e. The van der Waals surface area contributed by atoms with Crippen LogP contribution >= 0.6 is 0 Å². The summed E-state index contributed by atoms with van der Waals surface area (Å²) in [6, 6.07) is 5.90. The van der Waals surface area contributed by atoms with Gasteiger partial charge in [0.15, 0.2) is 11.6 Å². The fourth-order valence-corrected chi connectivity index (χ4v) is 2.79. The average molecular weight is 287 g/mol. The SMILES string of the molecule is c1cc2c(c(-c3nc(CC4CCOC4)no3)c1)OCCN2. The smallest absolute Gasteiger partial charge is 0.261 e. The molecule has 0 amide bonds. The highest BCUT2D eigenvalue weighted by Gasteiger charge is 2.22. The third kappa shape index (κ3) is 2.47. The quantitative estimate of drug-likeness (QED) is 0.932.